The summed E-state index contributed by atoms with van der Waals surface area (Å²) in [5.41, 5.74) is 7.24. The van der Waals surface area contributed by atoms with E-state index in [1.165, 1.54) is 6.07 Å². The molecule has 1 heterocycles. The molecule has 1 aliphatic rings. The number of nitrogens with two attached hydrogens (primary N) is 1. The van der Waals surface area contributed by atoms with Gasteiger partial charge < -0.3 is 11.1 Å². The molecule has 0 fully saturated rings. The molecule has 2 aromatic carbocycles. The lowest BCUT2D eigenvalue weighted by molar-refractivity contribution is 0.596. The molecule has 0 spiro atoms. The van der Waals surface area contributed by atoms with E-state index in [0.29, 0.717) is 17.1 Å². The van der Waals surface area contributed by atoms with Gasteiger partial charge in [-0.25, -0.2) is 8.42 Å². The minimum Gasteiger partial charge on any atom is -0.399 e. The summed E-state index contributed by atoms with van der Waals surface area (Å²) < 4.78 is 24.7. The lowest BCUT2D eigenvalue weighted by Crippen LogP contribution is -2.13. The van der Waals surface area contributed by atoms with Gasteiger partial charge in [0.05, 0.1) is 21.2 Å². The van der Waals surface area contributed by atoms with Crippen LogP contribution in [-0.4, -0.2) is 8.42 Å². The minimum absolute atomic E-state index is 0.233. The van der Waals surface area contributed by atoms with Gasteiger partial charge in [0.15, 0.2) is 0 Å². The van der Waals surface area contributed by atoms with Crippen LogP contribution in [0.4, 0.5) is 17.1 Å². The van der Waals surface area contributed by atoms with E-state index in [1.807, 2.05) is 0 Å². The third kappa shape index (κ3) is 1.39. The number of benzene rings is 2. The zero-order valence-electron chi connectivity index (χ0n) is 8.84. The number of anilines is 3. The van der Waals surface area contributed by atoms with E-state index in [1.54, 1.807) is 36.4 Å². The summed E-state index contributed by atoms with van der Waals surface area (Å²) in [6.07, 6.45) is 0. The van der Waals surface area contributed by atoms with Gasteiger partial charge in [-0.1, -0.05) is 12.1 Å². The van der Waals surface area contributed by atoms with E-state index in [0.717, 1.165) is 0 Å². The van der Waals surface area contributed by atoms with Gasteiger partial charge in [0, 0.05) is 5.69 Å². The van der Waals surface area contributed by atoms with Gasteiger partial charge in [-0.05, 0) is 30.3 Å². The summed E-state index contributed by atoms with van der Waals surface area (Å²) >= 11 is 0. The molecule has 0 unspecified atom stereocenters. The van der Waals surface area contributed by atoms with Crippen LogP contribution in [0.25, 0.3) is 0 Å². The second kappa shape index (κ2) is 3.24. The molecule has 1 aliphatic heterocycles. The first-order chi connectivity index (χ1) is 8.09. The van der Waals surface area contributed by atoms with E-state index in [-0.39, 0.29) is 9.79 Å². The van der Waals surface area contributed by atoms with E-state index in [4.69, 9.17) is 5.73 Å². The highest BCUT2D eigenvalue weighted by Crippen LogP contribution is 2.39. The fourth-order valence-corrected chi connectivity index (χ4v) is 3.54. The van der Waals surface area contributed by atoms with Crippen LogP contribution in [0.15, 0.2) is 52.3 Å². The Bertz CT molecular complexity index is 708. The molecule has 0 radical (unpaired) electrons. The largest absolute Gasteiger partial charge is 0.399 e. The second-order valence-electron chi connectivity index (χ2n) is 3.88. The highest BCUT2D eigenvalue weighted by atomic mass is 32.2. The molecular formula is C12H10N2O2S. The van der Waals surface area contributed by atoms with Gasteiger partial charge in [-0.2, -0.15) is 0 Å². The fraction of sp³-hybridized carbons (Fsp3) is 0. The summed E-state index contributed by atoms with van der Waals surface area (Å²) in [5, 5.41) is 3.09. The van der Waals surface area contributed by atoms with E-state index >= 15 is 0 Å². The normalized spacial score (nSPS) is 15.5. The molecule has 0 atom stereocenters. The predicted octanol–water partition coefficient (Wildman–Crippen LogP) is 2.16. The van der Waals surface area contributed by atoms with Gasteiger partial charge in [-0.15, -0.1) is 0 Å². The highest BCUT2D eigenvalue weighted by molar-refractivity contribution is 7.92. The van der Waals surface area contributed by atoms with Crippen LogP contribution < -0.4 is 11.1 Å². The zero-order chi connectivity index (χ0) is 12.0. The maximum absolute atomic E-state index is 12.4. The number of hydrogen-bond acceptors (Lipinski definition) is 4. The second-order valence-corrected chi connectivity index (χ2v) is 5.77. The van der Waals surface area contributed by atoms with Crippen LogP contribution in [0, 0.1) is 0 Å². The molecule has 4 nitrogen and oxygen atoms in total. The Hall–Kier alpha value is -2.01. The molecule has 86 valence electrons. The molecule has 0 saturated carbocycles. The monoisotopic (exact) mass is 246 g/mol. The van der Waals surface area contributed by atoms with E-state index in [2.05, 4.69) is 5.32 Å². The van der Waals surface area contributed by atoms with Gasteiger partial charge in [-0.3, -0.25) is 0 Å². The topological polar surface area (TPSA) is 72.2 Å². The van der Waals surface area contributed by atoms with Crippen molar-refractivity contribution in [2.75, 3.05) is 11.1 Å². The summed E-state index contributed by atoms with van der Waals surface area (Å²) in [6, 6.07) is 11.7. The fourth-order valence-electron chi connectivity index (χ4n) is 1.93. The van der Waals surface area contributed by atoms with E-state index in [9.17, 15) is 8.42 Å². The smallest absolute Gasteiger partial charge is 0.210 e. The third-order valence-electron chi connectivity index (χ3n) is 2.74. The van der Waals surface area contributed by atoms with Crippen molar-refractivity contribution in [2.24, 2.45) is 0 Å². The molecule has 0 aromatic heterocycles. The number of rotatable bonds is 0. The van der Waals surface area contributed by atoms with Crippen LogP contribution in [0.5, 0.6) is 0 Å². The number of para-hydroxylation sites is 1. The van der Waals surface area contributed by atoms with Gasteiger partial charge in [0.25, 0.3) is 0 Å². The average molecular weight is 246 g/mol. The van der Waals surface area contributed by atoms with Crippen LogP contribution in [0.2, 0.25) is 0 Å². The van der Waals surface area contributed by atoms with Crippen molar-refractivity contribution < 1.29 is 8.42 Å². The third-order valence-corrected chi connectivity index (χ3v) is 4.59. The maximum atomic E-state index is 12.4. The first-order valence-corrected chi connectivity index (χ1v) is 6.58. The lowest BCUT2D eigenvalue weighted by Gasteiger charge is -2.21. The zero-order valence-corrected chi connectivity index (χ0v) is 9.66. The molecule has 0 amide bonds. The van der Waals surface area contributed by atoms with Gasteiger partial charge in [0.2, 0.25) is 9.84 Å². The Kier molecular flexibility index (Phi) is 1.94. The highest BCUT2D eigenvalue weighted by Gasteiger charge is 2.28. The molecule has 0 saturated heterocycles. The molecule has 5 heteroatoms. The maximum Gasteiger partial charge on any atom is 0.210 e. The van der Waals surface area contributed by atoms with Crippen molar-refractivity contribution in [3.63, 3.8) is 0 Å². The lowest BCUT2D eigenvalue weighted by atomic mass is 10.2. The number of nitrogens with one attached hydrogen (secondary N) is 1. The number of nitrogen functional groups attached to an aromatic ring is 1. The van der Waals surface area contributed by atoms with Crippen molar-refractivity contribution in [1.29, 1.82) is 0 Å². The first kappa shape index (κ1) is 10.2. The molecule has 0 bridgehead atoms. The Morgan fingerprint density at radius 3 is 2.47 bits per heavy atom. The van der Waals surface area contributed by atoms with Crippen LogP contribution in [0.3, 0.4) is 0 Å². The van der Waals surface area contributed by atoms with E-state index < -0.39 is 9.84 Å². The molecule has 0 aliphatic carbocycles. The van der Waals surface area contributed by atoms with Gasteiger partial charge in [0.1, 0.15) is 0 Å². The standard InChI is InChI=1S/C12H10N2O2S/c13-8-5-6-10-12(7-8)17(15,16)11-4-2-1-3-9(11)14-10/h1-7,14H,13H2. The molecule has 2 aromatic rings. The van der Waals surface area contributed by atoms with Gasteiger partial charge >= 0.3 is 0 Å². The van der Waals surface area contributed by atoms with Crippen LogP contribution in [0.1, 0.15) is 0 Å². The number of hydrogen-bond donors (Lipinski definition) is 2. The molecule has 17 heavy (non-hydrogen) atoms. The molecule has 3 N–H and O–H groups in total. The molecular weight excluding hydrogens is 236 g/mol. The Morgan fingerprint density at radius 2 is 1.65 bits per heavy atom. The van der Waals surface area contributed by atoms with Crippen molar-refractivity contribution in [2.45, 2.75) is 9.79 Å². The minimum atomic E-state index is -3.47. The quantitative estimate of drug-likeness (QED) is 0.596. The summed E-state index contributed by atoms with van der Waals surface area (Å²) in [7, 11) is -3.47. The Morgan fingerprint density at radius 1 is 0.941 bits per heavy atom. The Balaban J connectivity index is 2.36. The first-order valence-electron chi connectivity index (χ1n) is 5.10. The number of fused-ring (bicyclic) bond motifs is 2. The predicted molar refractivity (Wildman–Crippen MR) is 66.0 cm³/mol. The summed E-state index contributed by atoms with van der Waals surface area (Å²) in [6.45, 7) is 0. The SMILES string of the molecule is Nc1ccc2c(c1)S(=O)(=O)c1ccccc1N2. The Labute approximate surface area is 99.0 Å². The van der Waals surface area contributed by atoms with Crippen molar-refractivity contribution in [3.05, 3.63) is 42.5 Å². The van der Waals surface area contributed by atoms with Crippen LogP contribution in [-0.2, 0) is 9.84 Å². The molecule has 3 rings (SSSR count). The van der Waals surface area contributed by atoms with Crippen molar-refractivity contribution in [3.8, 4) is 0 Å². The average Bonchev–Trinajstić information content (AvgIpc) is 2.31. The number of sulfone groups is 1. The van der Waals surface area contributed by atoms with Crippen LogP contribution >= 0.6 is 0 Å². The summed E-state index contributed by atoms with van der Waals surface area (Å²) in [4.78, 5) is 0.523. The summed E-state index contributed by atoms with van der Waals surface area (Å²) in [5.74, 6) is 0. The van der Waals surface area contributed by atoms with Crippen molar-refractivity contribution >= 4 is 26.9 Å². The van der Waals surface area contributed by atoms with Crippen molar-refractivity contribution in [1.82, 2.24) is 0 Å².